The van der Waals surface area contributed by atoms with Crippen LogP contribution in [0.3, 0.4) is 0 Å². The van der Waals surface area contributed by atoms with Crippen molar-refractivity contribution in [3.63, 3.8) is 0 Å². The maximum atomic E-state index is 11.9. The van der Waals surface area contributed by atoms with Crippen LogP contribution in [0.15, 0.2) is 0 Å². The zero-order valence-corrected chi connectivity index (χ0v) is 11.5. The van der Waals surface area contributed by atoms with Crippen molar-refractivity contribution in [2.75, 3.05) is 13.1 Å². The van der Waals surface area contributed by atoms with Gasteiger partial charge in [0, 0.05) is 19.0 Å². The Bertz CT molecular complexity index is 241. The van der Waals surface area contributed by atoms with Crippen LogP contribution in [-0.4, -0.2) is 25.0 Å². The normalized spacial score (nSPS) is 25.9. The predicted molar refractivity (Wildman–Crippen MR) is 74.5 cm³/mol. The summed E-state index contributed by atoms with van der Waals surface area (Å²) in [5.41, 5.74) is 0. The van der Waals surface area contributed by atoms with Gasteiger partial charge in [-0.1, -0.05) is 25.7 Å². The Hall–Kier alpha value is -0.570. The lowest BCUT2D eigenvalue weighted by atomic mass is 9.96. The lowest BCUT2D eigenvalue weighted by Crippen LogP contribution is -2.31. The molecule has 3 nitrogen and oxygen atoms in total. The highest BCUT2D eigenvalue weighted by Gasteiger charge is 2.17. The monoisotopic (exact) mass is 252 g/mol. The molecule has 0 radical (unpaired) electrons. The fourth-order valence-corrected chi connectivity index (χ4v) is 3.29. The maximum absolute atomic E-state index is 11.9. The molecule has 1 saturated heterocycles. The minimum absolute atomic E-state index is 0.278. The third-order valence-electron chi connectivity index (χ3n) is 4.43. The first kappa shape index (κ1) is 13.9. The summed E-state index contributed by atoms with van der Waals surface area (Å²) in [5.74, 6) is 0.928. The van der Waals surface area contributed by atoms with E-state index in [1.165, 1.54) is 51.4 Å². The Morgan fingerprint density at radius 3 is 2.50 bits per heavy atom. The zero-order valence-electron chi connectivity index (χ0n) is 11.5. The summed E-state index contributed by atoms with van der Waals surface area (Å²) in [6.45, 7) is 2.00. The SMILES string of the molecule is O=C(CC1CCCCCC1)NCC[C@@H]1CCCN1. The lowest BCUT2D eigenvalue weighted by molar-refractivity contribution is -0.122. The average molecular weight is 252 g/mol. The Kier molecular flexibility index (Phi) is 5.98. The summed E-state index contributed by atoms with van der Waals surface area (Å²) in [4.78, 5) is 11.9. The van der Waals surface area contributed by atoms with Gasteiger partial charge in [-0.2, -0.15) is 0 Å². The molecule has 1 atom stereocenters. The lowest BCUT2D eigenvalue weighted by Gasteiger charge is -2.15. The van der Waals surface area contributed by atoms with Crippen molar-refractivity contribution in [3.05, 3.63) is 0 Å². The van der Waals surface area contributed by atoms with Gasteiger partial charge < -0.3 is 10.6 Å². The predicted octanol–water partition coefficient (Wildman–Crippen LogP) is 2.61. The molecule has 1 heterocycles. The largest absolute Gasteiger partial charge is 0.356 e. The molecule has 1 amide bonds. The Morgan fingerprint density at radius 1 is 1.06 bits per heavy atom. The minimum atomic E-state index is 0.278. The van der Waals surface area contributed by atoms with Gasteiger partial charge in [0.15, 0.2) is 0 Å². The van der Waals surface area contributed by atoms with Crippen molar-refractivity contribution in [2.45, 2.75) is 70.3 Å². The molecule has 0 aromatic carbocycles. The van der Waals surface area contributed by atoms with Gasteiger partial charge in [0.25, 0.3) is 0 Å². The molecule has 2 fully saturated rings. The van der Waals surface area contributed by atoms with E-state index in [2.05, 4.69) is 10.6 Å². The summed E-state index contributed by atoms with van der Waals surface area (Å²) in [6.07, 6.45) is 12.3. The quantitative estimate of drug-likeness (QED) is 0.738. The first-order valence-electron chi connectivity index (χ1n) is 7.84. The zero-order chi connectivity index (χ0) is 12.6. The van der Waals surface area contributed by atoms with Crippen LogP contribution in [0.1, 0.15) is 64.2 Å². The molecule has 0 unspecified atom stereocenters. The Balaban J connectivity index is 1.56. The van der Waals surface area contributed by atoms with Crippen LogP contribution in [0.4, 0.5) is 0 Å². The molecule has 2 rings (SSSR count). The topological polar surface area (TPSA) is 41.1 Å². The van der Waals surface area contributed by atoms with Gasteiger partial charge in [-0.05, 0) is 44.6 Å². The van der Waals surface area contributed by atoms with Gasteiger partial charge in [0.1, 0.15) is 0 Å². The summed E-state index contributed by atoms with van der Waals surface area (Å²) in [7, 11) is 0. The van der Waals surface area contributed by atoms with Crippen LogP contribution in [-0.2, 0) is 4.79 Å². The van der Waals surface area contributed by atoms with Crippen molar-refractivity contribution in [3.8, 4) is 0 Å². The minimum Gasteiger partial charge on any atom is -0.356 e. The summed E-state index contributed by atoms with van der Waals surface area (Å²) < 4.78 is 0. The summed E-state index contributed by atoms with van der Waals surface area (Å²) in [5, 5.41) is 6.57. The van der Waals surface area contributed by atoms with Crippen molar-refractivity contribution < 1.29 is 4.79 Å². The summed E-state index contributed by atoms with van der Waals surface area (Å²) >= 11 is 0. The molecular formula is C15H28N2O. The van der Waals surface area contributed by atoms with E-state index >= 15 is 0 Å². The molecule has 0 spiro atoms. The number of nitrogens with one attached hydrogen (secondary N) is 2. The Morgan fingerprint density at radius 2 is 1.83 bits per heavy atom. The smallest absolute Gasteiger partial charge is 0.220 e. The van der Waals surface area contributed by atoms with Crippen molar-refractivity contribution in [1.82, 2.24) is 10.6 Å². The molecule has 2 N–H and O–H groups in total. The van der Waals surface area contributed by atoms with E-state index in [1.54, 1.807) is 0 Å². The van der Waals surface area contributed by atoms with Gasteiger partial charge in [-0.25, -0.2) is 0 Å². The highest BCUT2D eigenvalue weighted by atomic mass is 16.1. The molecule has 2 aliphatic rings. The third kappa shape index (κ3) is 4.97. The standard InChI is InChI=1S/C15H28N2O/c18-15(12-13-6-3-1-2-4-7-13)17-11-9-14-8-5-10-16-14/h13-14,16H,1-12H2,(H,17,18)/t14-/m0/s1. The van der Waals surface area contributed by atoms with E-state index in [0.29, 0.717) is 12.0 Å². The number of hydrogen-bond donors (Lipinski definition) is 2. The van der Waals surface area contributed by atoms with E-state index in [9.17, 15) is 4.79 Å². The van der Waals surface area contributed by atoms with E-state index in [-0.39, 0.29) is 5.91 Å². The maximum Gasteiger partial charge on any atom is 0.220 e. The van der Waals surface area contributed by atoms with Crippen LogP contribution in [0.2, 0.25) is 0 Å². The molecule has 1 saturated carbocycles. The molecule has 1 aliphatic carbocycles. The number of rotatable bonds is 5. The van der Waals surface area contributed by atoms with Crippen LogP contribution >= 0.6 is 0 Å². The second kappa shape index (κ2) is 7.78. The molecule has 104 valence electrons. The van der Waals surface area contributed by atoms with Gasteiger partial charge in [0.05, 0.1) is 0 Å². The fraction of sp³-hybridized carbons (Fsp3) is 0.933. The second-order valence-corrected chi connectivity index (χ2v) is 5.99. The van der Waals surface area contributed by atoms with Crippen LogP contribution < -0.4 is 10.6 Å². The highest BCUT2D eigenvalue weighted by Crippen LogP contribution is 2.25. The van der Waals surface area contributed by atoms with Crippen LogP contribution in [0.25, 0.3) is 0 Å². The van der Waals surface area contributed by atoms with E-state index in [0.717, 1.165) is 25.9 Å². The van der Waals surface area contributed by atoms with E-state index < -0.39 is 0 Å². The second-order valence-electron chi connectivity index (χ2n) is 5.99. The first-order chi connectivity index (χ1) is 8.84. The van der Waals surface area contributed by atoms with Gasteiger partial charge in [-0.3, -0.25) is 4.79 Å². The van der Waals surface area contributed by atoms with Crippen LogP contribution in [0, 0.1) is 5.92 Å². The number of amides is 1. The van der Waals surface area contributed by atoms with E-state index in [4.69, 9.17) is 0 Å². The number of carbonyl (C=O) groups is 1. The van der Waals surface area contributed by atoms with Crippen molar-refractivity contribution in [1.29, 1.82) is 0 Å². The van der Waals surface area contributed by atoms with Gasteiger partial charge >= 0.3 is 0 Å². The summed E-state index contributed by atoms with van der Waals surface area (Å²) in [6, 6.07) is 0.642. The van der Waals surface area contributed by atoms with Crippen molar-refractivity contribution >= 4 is 5.91 Å². The first-order valence-corrected chi connectivity index (χ1v) is 7.84. The van der Waals surface area contributed by atoms with E-state index in [1.807, 2.05) is 0 Å². The van der Waals surface area contributed by atoms with Gasteiger partial charge in [-0.15, -0.1) is 0 Å². The molecule has 0 aromatic heterocycles. The third-order valence-corrected chi connectivity index (χ3v) is 4.43. The molecule has 0 aromatic rings. The van der Waals surface area contributed by atoms with Gasteiger partial charge in [0.2, 0.25) is 5.91 Å². The molecule has 1 aliphatic heterocycles. The molecule has 18 heavy (non-hydrogen) atoms. The molecule has 0 bridgehead atoms. The fourth-order valence-electron chi connectivity index (χ4n) is 3.29. The molecule has 3 heteroatoms. The molecular weight excluding hydrogens is 224 g/mol. The number of hydrogen-bond acceptors (Lipinski definition) is 2. The number of carbonyl (C=O) groups excluding carboxylic acids is 1. The van der Waals surface area contributed by atoms with Crippen molar-refractivity contribution in [2.24, 2.45) is 5.92 Å². The Labute approximate surface area is 111 Å². The average Bonchev–Trinajstić information content (AvgIpc) is 2.74. The highest BCUT2D eigenvalue weighted by molar-refractivity contribution is 5.76. The van der Waals surface area contributed by atoms with Crippen LogP contribution in [0.5, 0.6) is 0 Å².